The summed E-state index contributed by atoms with van der Waals surface area (Å²) in [4.78, 5) is 0. The Bertz CT molecular complexity index is 722. The maximum atomic E-state index is 9.75. The molecule has 2 nitrogen and oxygen atoms in total. The molecule has 0 amide bonds. The molecule has 0 aliphatic rings. The summed E-state index contributed by atoms with van der Waals surface area (Å²) >= 11 is 0. The Morgan fingerprint density at radius 2 is 1.27 bits per heavy atom. The molecule has 0 fully saturated rings. The molecule has 0 aliphatic carbocycles. The van der Waals surface area contributed by atoms with E-state index >= 15 is 0 Å². The van der Waals surface area contributed by atoms with E-state index in [2.05, 4.69) is 102 Å². The fraction of sp³-hybridized carbons (Fsp3) is 0.211. The second-order valence-electron chi connectivity index (χ2n) is 5.98. The highest BCUT2D eigenvalue weighted by molar-refractivity contribution is 6.50. The van der Waals surface area contributed by atoms with E-state index in [0.29, 0.717) is 12.1 Å². The number of hydrogen-bond acceptors (Lipinski definition) is 0. The Morgan fingerprint density at radius 3 is 1.77 bits per heavy atom. The van der Waals surface area contributed by atoms with E-state index in [-0.39, 0.29) is 0 Å². The van der Waals surface area contributed by atoms with Gasteiger partial charge in [-0.1, -0.05) is 60.7 Å². The van der Waals surface area contributed by atoms with Gasteiger partial charge in [-0.3, -0.25) is 0 Å². The highest BCUT2D eigenvalue weighted by Crippen LogP contribution is 2.17. The molecule has 0 spiro atoms. The van der Waals surface area contributed by atoms with Gasteiger partial charge in [-0.15, -0.1) is 0 Å². The lowest BCUT2D eigenvalue weighted by atomic mass is 10.1. The normalized spacial score (nSPS) is 13.5. The molecule has 2 aromatic carbocycles. The largest absolute Gasteiger partial charge is 0.673 e. The minimum absolute atomic E-state index is 0.343. The molecule has 2 atom stereocenters. The van der Waals surface area contributed by atoms with Gasteiger partial charge in [-0.2, -0.15) is 0 Å². The molecule has 1 heterocycles. The first-order valence-electron chi connectivity index (χ1n) is 8.31. The Morgan fingerprint density at radius 1 is 0.808 bits per heavy atom. The number of benzene rings is 2. The van der Waals surface area contributed by atoms with Gasteiger partial charge in [0.05, 0.1) is 0 Å². The SMILES string of the molecule is CC(c1ccccc1)n1cc[n+](C(C)c2ccccc2)c1.F[B-](F)(F)F. The molecule has 0 N–H and O–H groups in total. The van der Waals surface area contributed by atoms with Crippen LogP contribution in [0, 0.1) is 0 Å². The molecule has 138 valence electrons. The zero-order chi connectivity index (χ0) is 19.2. The minimum Gasteiger partial charge on any atom is -0.418 e. The molecular formula is C19H21BF4N2. The maximum Gasteiger partial charge on any atom is 0.673 e. The van der Waals surface area contributed by atoms with Crippen molar-refractivity contribution in [2.45, 2.75) is 25.9 Å². The summed E-state index contributed by atoms with van der Waals surface area (Å²) in [7, 11) is -6.00. The van der Waals surface area contributed by atoms with Crippen LogP contribution in [0.4, 0.5) is 17.3 Å². The highest BCUT2D eigenvalue weighted by atomic mass is 19.5. The van der Waals surface area contributed by atoms with Gasteiger partial charge in [0, 0.05) is 0 Å². The molecule has 0 radical (unpaired) electrons. The molecule has 26 heavy (non-hydrogen) atoms. The summed E-state index contributed by atoms with van der Waals surface area (Å²) in [5.41, 5.74) is 2.65. The molecule has 0 bridgehead atoms. The Labute approximate surface area is 150 Å². The van der Waals surface area contributed by atoms with Crippen LogP contribution in [-0.4, -0.2) is 11.8 Å². The monoisotopic (exact) mass is 364 g/mol. The van der Waals surface area contributed by atoms with Crippen molar-refractivity contribution < 1.29 is 21.8 Å². The molecule has 0 aliphatic heterocycles. The average molecular weight is 364 g/mol. The van der Waals surface area contributed by atoms with Gasteiger partial charge in [-0.25, -0.2) is 9.13 Å². The van der Waals surface area contributed by atoms with Crippen molar-refractivity contribution in [1.82, 2.24) is 4.57 Å². The third-order valence-corrected chi connectivity index (χ3v) is 4.14. The molecule has 2 unspecified atom stereocenters. The molecule has 7 heteroatoms. The number of imidazole rings is 1. The highest BCUT2D eigenvalue weighted by Gasteiger charge is 2.20. The molecule has 0 saturated carbocycles. The van der Waals surface area contributed by atoms with Crippen molar-refractivity contribution >= 4 is 7.25 Å². The lowest BCUT2D eigenvalue weighted by Crippen LogP contribution is -2.36. The van der Waals surface area contributed by atoms with Crippen molar-refractivity contribution in [1.29, 1.82) is 0 Å². The summed E-state index contributed by atoms with van der Waals surface area (Å²) in [6, 6.07) is 21.9. The summed E-state index contributed by atoms with van der Waals surface area (Å²) in [5.74, 6) is 0. The Hall–Kier alpha value is -2.57. The van der Waals surface area contributed by atoms with E-state index in [9.17, 15) is 17.3 Å². The van der Waals surface area contributed by atoms with Gasteiger partial charge < -0.3 is 17.3 Å². The van der Waals surface area contributed by atoms with E-state index in [1.54, 1.807) is 0 Å². The zero-order valence-electron chi connectivity index (χ0n) is 14.6. The lowest BCUT2D eigenvalue weighted by Gasteiger charge is -2.09. The Balaban J connectivity index is 0.000000431. The van der Waals surface area contributed by atoms with Gasteiger partial charge in [-0.05, 0) is 25.0 Å². The summed E-state index contributed by atoms with van der Waals surface area (Å²) < 4.78 is 43.5. The van der Waals surface area contributed by atoms with Crippen molar-refractivity contribution in [2.75, 3.05) is 0 Å². The number of aromatic nitrogens is 2. The maximum absolute atomic E-state index is 9.75. The second-order valence-corrected chi connectivity index (χ2v) is 5.98. The van der Waals surface area contributed by atoms with Crippen LogP contribution in [0.15, 0.2) is 79.4 Å². The van der Waals surface area contributed by atoms with Crippen LogP contribution in [-0.2, 0) is 0 Å². The van der Waals surface area contributed by atoms with Crippen LogP contribution in [0.25, 0.3) is 0 Å². The van der Waals surface area contributed by atoms with Gasteiger partial charge in [0.1, 0.15) is 24.5 Å². The average Bonchev–Trinajstić information content (AvgIpc) is 3.10. The third kappa shape index (κ3) is 6.06. The quantitative estimate of drug-likeness (QED) is 0.338. The number of hydrogen-bond donors (Lipinski definition) is 0. The fourth-order valence-electron chi connectivity index (χ4n) is 2.65. The minimum atomic E-state index is -6.00. The van der Waals surface area contributed by atoms with E-state index in [1.165, 1.54) is 11.1 Å². The molecule has 3 aromatic rings. The van der Waals surface area contributed by atoms with Crippen molar-refractivity contribution in [3.8, 4) is 0 Å². The van der Waals surface area contributed by atoms with Crippen LogP contribution < -0.4 is 4.57 Å². The predicted molar refractivity (Wildman–Crippen MR) is 95.3 cm³/mol. The van der Waals surface area contributed by atoms with Crippen LogP contribution >= 0.6 is 0 Å². The summed E-state index contributed by atoms with van der Waals surface area (Å²) in [6.07, 6.45) is 6.49. The van der Waals surface area contributed by atoms with Crippen molar-refractivity contribution in [3.63, 3.8) is 0 Å². The third-order valence-electron chi connectivity index (χ3n) is 4.14. The molecule has 3 rings (SSSR count). The van der Waals surface area contributed by atoms with Crippen LogP contribution in [0.5, 0.6) is 0 Å². The van der Waals surface area contributed by atoms with Crippen LogP contribution in [0.1, 0.15) is 37.1 Å². The van der Waals surface area contributed by atoms with E-state index in [4.69, 9.17) is 0 Å². The van der Waals surface area contributed by atoms with Crippen molar-refractivity contribution in [3.05, 3.63) is 90.5 Å². The van der Waals surface area contributed by atoms with Gasteiger partial charge >= 0.3 is 7.25 Å². The number of nitrogens with zero attached hydrogens (tertiary/aromatic N) is 2. The predicted octanol–water partition coefficient (Wildman–Crippen LogP) is 5.29. The fourth-order valence-corrected chi connectivity index (χ4v) is 2.65. The van der Waals surface area contributed by atoms with Crippen LogP contribution in [0.2, 0.25) is 0 Å². The van der Waals surface area contributed by atoms with Crippen molar-refractivity contribution in [2.24, 2.45) is 0 Å². The first-order valence-corrected chi connectivity index (χ1v) is 8.31. The smallest absolute Gasteiger partial charge is 0.418 e. The van der Waals surface area contributed by atoms with Gasteiger partial charge in [0.15, 0.2) is 0 Å². The molecular weight excluding hydrogens is 343 g/mol. The zero-order valence-corrected chi connectivity index (χ0v) is 14.6. The standard InChI is InChI=1S/C19H21N2.BF4/c1-16(18-9-5-3-6-10-18)20-13-14-21(15-20)17(2)19-11-7-4-8-12-19;2-1(3,4)5/h3-17H,1-2H3;/q+1;-1. The van der Waals surface area contributed by atoms with E-state index in [0.717, 1.165) is 0 Å². The van der Waals surface area contributed by atoms with E-state index in [1.807, 2.05) is 0 Å². The first kappa shape index (κ1) is 19.8. The van der Waals surface area contributed by atoms with Gasteiger partial charge in [0.25, 0.3) is 0 Å². The first-order chi connectivity index (χ1) is 12.3. The topological polar surface area (TPSA) is 8.81 Å². The molecule has 1 aromatic heterocycles. The van der Waals surface area contributed by atoms with Gasteiger partial charge in [0.2, 0.25) is 6.33 Å². The summed E-state index contributed by atoms with van der Waals surface area (Å²) in [6.45, 7) is 4.46. The van der Waals surface area contributed by atoms with Crippen LogP contribution in [0.3, 0.4) is 0 Å². The Kier molecular flexibility index (Phi) is 6.61. The lowest BCUT2D eigenvalue weighted by molar-refractivity contribution is -0.710. The van der Waals surface area contributed by atoms with E-state index < -0.39 is 7.25 Å². The summed E-state index contributed by atoms with van der Waals surface area (Å²) in [5, 5.41) is 0. The number of rotatable bonds is 4. The molecule has 0 saturated heterocycles. The number of halogens is 4. The second kappa shape index (κ2) is 8.69.